The fourth-order valence-corrected chi connectivity index (χ4v) is 3.53. The average Bonchev–Trinajstić information content (AvgIpc) is 3.24. The first kappa shape index (κ1) is 17.4. The second-order valence-electron chi connectivity index (χ2n) is 6.31. The minimum atomic E-state index is -0.332. The molecule has 1 unspecified atom stereocenters. The summed E-state index contributed by atoms with van der Waals surface area (Å²) in [7, 11) is 0. The molecule has 1 aromatic carbocycles. The summed E-state index contributed by atoms with van der Waals surface area (Å²) < 4.78 is 1.92. The molecule has 0 bridgehead atoms. The van der Waals surface area contributed by atoms with Gasteiger partial charge in [-0.1, -0.05) is 44.2 Å². The van der Waals surface area contributed by atoms with Crippen molar-refractivity contribution < 1.29 is 4.79 Å². The van der Waals surface area contributed by atoms with Crippen LogP contribution >= 0.6 is 11.3 Å². The predicted octanol–water partition coefficient (Wildman–Crippen LogP) is 4.25. The summed E-state index contributed by atoms with van der Waals surface area (Å²) in [6.45, 7) is 6.02. The second kappa shape index (κ2) is 7.61. The Morgan fingerprint density at radius 3 is 2.68 bits per heavy atom. The maximum atomic E-state index is 12.6. The van der Waals surface area contributed by atoms with Gasteiger partial charge < -0.3 is 9.88 Å². The molecule has 3 aromatic rings. The number of hydrogen-bond acceptors (Lipinski definition) is 4. The lowest BCUT2D eigenvalue weighted by Crippen LogP contribution is -2.24. The SMILES string of the molecule is CC(C)c1nccn1C(C)C(=O)Nc1ncc(Cc2ccccc2)s1. The van der Waals surface area contributed by atoms with Crippen LogP contribution in [0.3, 0.4) is 0 Å². The number of benzene rings is 1. The second-order valence-corrected chi connectivity index (χ2v) is 7.42. The first-order valence-corrected chi connectivity index (χ1v) is 9.18. The van der Waals surface area contributed by atoms with Crippen LogP contribution in [0.5, 0.6) is 0 Å². The Hall–Kier alpha value is -2.47. The summed E-state index contributed by atoms with van der Waals surface area (Å²) in [6.07, 6.45) is 6.24. The van der Waals surface area contributed by atoms with Gasteiger partial charge in [0.2, 0.25) is 5.91 Å². The van der Waals surface area contributed by atoms with Crippen LogP contribution in [-0.2, 0) is 11.2 Å². The predicted molar refractivity (Wildman–Crippen MR) is 101 cm³/mol. The van der Waals surface area contributed by atoms with E-state index >= 15 is 0 Å². The normalized spacial score (nSPS) is 12.3. The summed E-state index contributed by atoms with van der Waals surface area (Å²) in [5.74, 6) is 1.09. The Labute approximate surface area is 151 Å². The van der Waals surface area contributed by atoms with Crippen molar-refractivity contribution in [2.75, 3.05) is 5.32 Å². The Bertz CT molecular complexity index is 838. The molecule has 0 spiro atoms. The van der Waals surface area contributed by atoms with Crippen LogP contribution in [0.15, 0.2) is 48.9 Å². The van der Waals surface area contributed by atoms with E-state index in [2.05, 4.69) is 41.3 Å². The van der Waals surface area contributed by atoms with E-state index in [0.717, 1.165) is 17.1 Å². The van der Waals surface area contributed by atoms with Crippen molar-refractivity contribution in [3.8, 4) is 0 Å². The van der Waals surface area contributed by atoms with Crippen LogP contribution in [0.2, 0.25) is 0 Å². The van der Waals surface area contributed by atoms with Crippen LogP contribution in [-0.4, -0.2) is 20.4 Å². The molecule has 25 heavy (non-hydrogen) atoms. The van der Waals surface area contributed by atoms with Gasteiger partial charge in [-0.15, -0.1) is 11.3 Å². The monoisotopic (exact) mass is 354 g/mol. The number of amides is 1. The summed E-state index contributed by atoms with van der Waals surface area (Å²) >= 11 is 1.51. The number of hydrogen-bond donors (Lipinski definition) is 1. The highest BCUT2D eigenvalue weighted by atomic mass is 32.1. The van der Waals surface area contributed by atoms with Gasteiger partial charge in [0, 0.05) is 35.8 Å². The summed E-state index contributed by atoms with van der Waals surface area (Å²) in [5, 5.41) is 3.56. The molecule has 5 nitrogen and oxygen atoms in total. The van der Waals surface area contributed by atoms with E-state index in [0.29, 0.717) is 5.13 Å². The maximum absolute atomic E-state index is 12.6. The van der Waals surface area contributed by atoms with Crippen molar-refractivity contribution in [3.63, 3.8) is 0 Å². The first-order chi connectivity index (χ1) is 12.0. The van der Waals surface area contributed by atoms with Crippen LogP contribution in [0.25, 0.3) is 0 Å². The lowest BCUT2D eigenvalue weighted by molar-refractivity contribution is -0.118. The van der Waals surface area contributed by atoms with E-state index < -0.39 is 0 Å². The standard InChI is InChI=1S/C19H22N4OS/c1-13(2)17-20-9-10-23(17)14(3)18(24)22-19-21-12-16(25-19)11-15-7-5-4-6-8-15/h4-10,12-14H,11H2,1-3H3,(H,21,22,24). The molecule has 0 radical (unpaired) electrons. The molecule has 1 amide bonds. The average molecular weight is 354 g/mol. The molecular weight excluding hydrogens is 332 g/mol. The van der Waals surface area contributed by atoms with Crippen molar-refractivity contribution in [2.45, 2.75) is 39.2 Å². The van der Waals surface area contributed by atoms with Gasteiger partial charge in [0.1, 0.15) is 11.9 Å². The number of aromatic nitrogens is 3. The highest BCUT2D eigenvalue weighted by Gasteiger charge is 2.20. The molecule has 0 fully saturated rings. The third-order valence-electron chi connectivity index (χ3n) is 4.02. The molecule has 0 aliphatic heterocycles. The lowest BCUT2D eigenvalue weighted by atomic mass is 10.1. The molecule has 0 saturated carbocycles. The minimum Gasteiger partial charge on any atom is -0.323 e. The largest absolute Gasteiger partial charge is 0.323 e. The van der Waals surface area contributed by atoms with Crippen LogP contribution in [0, 0.1) is 0 Å². The Morgan fingerprint density at radius 1 is 1.20 bits per heavy atom. The van der Waals surface area contributed by atoms with Crippen molar-refractivity contribution in [1.29, 1.82) is 0 Å². The number of nitrogens with zero attached hydrogens (tertiary/aromatic N) is 3. The minimum absolute atomic E-state index is 0.0829. The molecule has 130 valence electrons. The third-order valence-corrected chi connectivity index (χ3v) is 4.93. The molecule has 6 heteroatoms. The molecule has 2 heterocycles. The highest BCUT2D eigenvalue weighted by molar-refractivity contribution is 7.15. The molecule has 1 N–H and O–H groups in total. The number of carbonyl (C=O) groups is 1. The van der Waals surface area contributed by atoms with Crippen molar-refractivity contribution >= 4 is 22.4 Å². The summed E-state index contributed by atoms with van der Waals surface area (Å²) in [4.78, 5) is 22.4. The first-order valence-electron chi connectivity index (χ1n) is 8.37. The summed E-state index contributed by atoms with van der Waals surface area (Å²) in [5.41, 5.74) is 1.23. The topological polar surface area (TPSA) is 59.8 Å². The number of carbonyl (C=O) groups excluding carboxylic acids is 1. The fourth-order valence-electron chi connectivity index (χ4n) is 2.68. The van der Waals surface area contributed by atoms with Gasteiger partial charge in [-0.25, -0.2) is 9.97 Å². The van der Waals surface area contributed by atoms with Crippen LogP contribution in [0.1, 0.15) is 49.0 Å². The van der Waals surface area contributed by atoms with Crippen molar-refractivity contribution in [3.05, 3.63) is 65.2 Å². The van der Waals surface area contributed by atoms with Gasteiger partial charge in [0.25, 0.3) is 0 Å². The van der Waals surface area contributed by atoms with Crippen molar-refractivity contribution in [2.24, 2.45) is 0 Å². The number of nitrogens with one attached hydrogen (secondary N) is 1. The molecule has 0 saturated heterocycles. The molecule has 3 rings (SSSR count). The zero-order chi connectivity index (χ0) is 17.8. The lowest BCUT2D eigenvalue weighted by Gasteiger charge is -2.16. The smallest absolute Gasteiger partial charge is 0.248 e. The van der Waals surface area contributed by atoms with E-state index in [-0.39, 0.29) is 17.9 Å². The molecule has 0 aliphatic rings. The molecule has 1 atom stereocenters. The zero-order valence-electron chi connectivity index (χ0n) is 14.6. The Kier molecular flexibility index (Phi) is 5.28. The van der Waals surface area contributed by atoms with Crippen molar-refractivity contribution in [1.82, 2.24) is 14.5 Å². The van der Waals surface area contributed by atoms with Gasteiger partial charge in [-0.05, 0) is 12.5 Å². The van der Waals surface area contributed by atoms with E-state index in [1.807, 2.05) is 42.1 Å². The fraction of sp³-hybridized carbons (Fsp3) is 0.316. The van der Waals surface area contributed by atoms with Gasteiger partial charge in [-0.3, -0.25) is 4.79 Å². The van der Waals surface area contributed by atoms with Gasteiger partial charge in [-0.2, -0.15) is 0 Å². The van der Waals surface area contributed by atoms with Gasteiger partial charge in [0.05, 0.1) is 0 Å². The molecule has 2 aromatic heterocycles. The number of rotatable bonds is 6. The van der Waals surface area contributed by atoms with E-state index in [4.69, 9.17) is 0 Å². The Morgan fingerprint density at radius 2 is 1.96 bits per heavy atom. The quantitative estimate of drug-likeness (QED) is 0.720. The van der Waals surface area contributed by atoms with E-state index in [9.17, 15) is 4.79 Å². The summed E-state index contributed by atoms with van der Waals surface area (Å²) in [6, 6.07) is 9.90. The van der Waals surface area contributed by atoms with Crippen LogP contribution in [0.4, 0.5) is 5.13 Å². The van der Waals surface area contributed by atoms with Crippen LogP contribution < -0.4 is 5.32 Å². The highest BCUT2D eigenvalue weighted by Crippen LogP contribution is 2.23. The third kappa shape index (κ3) is 4.14. The van der Waals surface area contributed by atoms with Gasteiger partial charge in [0.15, 0.2) is 5.13 Å². The van der Waals surface area contributed by atoms with Gasteiger partial charge >= 0.3 is 0 Å². The Balaban J connectivity index is 1.66. The number of imidazole rings is 1. The molecular formula is C19H22N4OS. The van der Waals surface area contributed by atoms with E-state index in [1.54, 1.807) is 6.20 Å². The molecule has 0 aliphatic carbocycles. The number of anilines is 1. The van der Waals surface area contributed by atoms with E-state index in [1.165, 1.54) is 16.9 Å². The maximum Gasteiger partial charge on any atom is 0.248 e. The zero-order valence-corrected chi connectivity index (χ0v) is 15.5. The number of thiazole rings is 1.